The Balaban J connectivity index is 2.34. The summed E-state index contributed by atoms with van der Waals surface area (Å²) in [6.07, 6.45) is 0.971. The van der Waals surface area contributed by atoms with Crippen LogP contribution in [0.2, 0.25) is 0 Å². The van der Waals surface area contributed by atoms with Crippen LogP contribution < -0.4 is 5.84 Å². The van der Waals surface area contributed by atoms with Gasteiger partial charge in [-0.3, -0.25) is 10.1 Å². The Hall–Kier alpha value is -2.62. The first kappa shape index (κ1) is 15.8. The first-order valence-corrected chi connectivity index (χ1v) is 7.02. The van der Waals surface area contributed by atoms with Crippen molar-refractivity contribution in [1.82, 2.24) is 14.9 Å². The van der Waals surface area contributed by atoms with Crippen LogP contribution in [-0.2, 0) is 4.74 Å². The number of carbonyl (C=O) groups is 1. The number of nitro groups is 1. The van der Waals surface area contributed by atoms with Gasteiger partial charge in [-0.15, -0.1) is 10.2 Å². The van der Waals surface area contributed by atoms with Crippen molar-refractivity contribution in [2.45, 2.75) is 30.0 Å². The van der Waals surface area contributed by atoms with Gasteiger partial charge < -0.3 is 10.6 Å². The number of carbonyl (C=O) groups excluding carboxylic acids is 1. The van der Waals surface area contributed by atoms with E-state index in [1.807, 2.05) is 0 Å². The summed E-state index contributed by atoms with van der Waals surface area (Å²) in [6.45, 7) is 3.40. The number of benzene rings is 1. The predicted octanol–water partition coefficient (Wildman–Crippen LogP) is 1.62. The second-order valence-electron chi connectivity index (χ2n) is 4.52. The number of nitrogen functional groups attached to an aromatic ring is 1. The fourth-order valence-corrected chi connectivity index (χ4v) is 2.37. The van der Waals surface area contributed by atoms with E-state index in [1.54, 1.807) is 13.8 Å². The Kier molecular flexibility index (Phi) is 4.61. The van der Waals surface area contributed by atoms with Crippen LogP contribution in [0.5, 0.6) is 0 Å². The molecule has 1 heterocycles. The van der Waals surface area contributed by atoms with Gasteiger partial charge in [0.15, 0.2) is 0 Å². The molecule has 0 amide bonds. The highest BCUT2D eigenvalue weighted by Crippen LogP contribution is 2.34. The number of nitro benzene ring substituents is 1. The maximum atomic E-state index is 11.8. The third-order valence-corrected chi connectivity index (χ3v) is 3.52. The Morgan fingerprint density at radius 2 is 2.23 bits per heavy atom. The molecule has 0 aliphatic heterocycles. The van der Waals surface area contributed by atoms with Gasteiger partial charge >= 0.3 is 5.97 Å². The van der Waals surface area contributed by atoms with Crippen molar-refractivity contribution in [3.05, 3.63) is 40.2 Å². The molecule has 0 radical (unpaired) electrons. The van der Waals surface area contributed by atoms with Gasteiger partial charge in [0.1, 0.15) is 6.33 Å². The molecule has 1 aromatic heterocycles. The molecule has 0 spiro atoms. The van der Waals surface area contributed by atoms with Crippen LogP contribution in [0.15, 0.2) is 34.6 Å². The van der Waals surface area contributed by atoms with Crippen LogP contribution in [0.3, 0.4) is 0 Å². The summed E-state index contributed by atoms with van der Waals surface area (Å²) in [5.41, 5.74) is -0.120. The van der Waals surface area contributed by atoms with Gasteiger partial charge in [0.25, 0.3) is 5.69 Å². The standard InChI is InChI=1S/C12H13N5O4S/c1-7(2)21-11(18)8-3-4-10(9(5-8)17(19)20)22-12-15-14-6-16(12)13/h3-7H,13H2,1-2H3. The van der Waals surface area contributed by atoms with Gasteiger partial charge in [-0.2, -0.15) is 0 Å². The number of esters is 1. The SMILES string of the molecule is CC(C)OC(=O)c1ccc(Sc2nncn2N)c([N+](=O)[O-])c1. The van der Waals surface area contributed by atoms with Crippen molar-refractivity contribution >= 4 is 23.4 Å². The number of nitrogens with two attached hydrogens (primary N) is 1. The summed E-state index contributed by atoms with van der Waals surface area (Å²) in [5.74, 6) is 4.96. The molecule has 0 saturated carbocycles. The minimum absolute atomic E-state index is 0.110. The quantitative estimate of drug-likeness (QED) is 0.380. The average Bonchev–Trinajstić information content (AvgIpc) is 2.83. The fourth-order valence-electron chi connectivity index (χ4n) is 1.56. The lowest BCUT2D eigenvalue weighted by molar-refractivity contribution is -0.387. The van der Waals surface area contributed by atoms with Crippen molar-refractivity contribution in [2.75, 3.05) is 5.84 Å². The summed E-state index contributed by atoms with van der Waals surface area (Å²) in [7, 11) is 0. The van der Waals surface area contributed by atoms with E-state index in [-0.39, 0.29) is 17.4 Å². The molecule has 0 saturated heterocycles. The largest absolute Gasteiger partial charge is 0.459 e. The van der Waals surface area contributed by atoms with Crippen molar-refractivity contribution in [1.29, 1.82) is 0 Å². The van der Waals surface area contributed by atoms with Crippen LogP contribution in [0.25, 0.3) is 0 Å². The van der Waals surface area contributed by atoms with Crippen LogP contribution in [0, 0.1) is 10.1 Å². The van der Waals surface area contributed by atoms with E-state index in [0.717, 1.165) is 16.4 Å². The highest BCUT2D eigenvalue weighted by Gasteiger charge is 2.21. The maximum Gasteiger partial charge on any atom is 0.338 e. The second kappa shape index (κ2) is 6.43. The average molecular weight is 323 g/mol. The fraction of sp³-hybridized carbons (Fsp3) is 0.250. The van der Waals surface area contributed by atoms with E-state index < -0.39 is 10.9 Å². The Bertz CT molecular complexity index is 715. The predicted molar refractivity (Wildman–Crippen MR) is 77.9 cm³/mol. The van der Waals surface area contributed by atoms with Crippen molar-refractivity contribution in [2.24, 2.45) is 0 Å². The van der Waals surface area contributed by atoms with Gasteiger partial charge in [-0.1, -0.05) is 0 Å². The number of rotatable bonds is 5. The minimum Gasteiger partial charge on any atom is -0.459 e. The van der Waals surface area contributed by atoms with Crippen molar-refractivity contribution in [3.8, 4) is 0 Å². The highest BCUT2D eigenvalue weighted by atomic mass is 32.2. The Labute approximate surface area is 129 Å². The number of ether oxygens (including phenoxy) is 1. The van der Waals surface area contributed by atoms with E-state index in [1.165, 1.54) is 24.5 Å². The van der Waals surface area contributed by atoms with Crippen LogP contribution in [0.1, 0.15) is 24.2 Å². The topological polar surface area (TPSA) is 126 Å². The Morgan fingerprint density at radius 1 is 1.50 bits per heavy atom. The van der Waals surface area contributed by atoms with Crippen LogP contribution in [-0.4, -0.2) is 31.9 Å². The molecule has 116 valence electrons. The lowest BCUT2D eigenvalue weighted by Gasteiger charge is -2.08. The third-order valence-electron chi connectivity index (χ3n) is 2.48. The van der Waals surface area contributed by atoms with Crippen LogP contribution >= 0.6 is 11.8 Å². The number of aromatic nitrogens is 3. The monoisotopic (exact) mass is 323 g/mol. The zero-order valence-corrected chi connectivity index (χ0v) is 12.6. The molecular formula is C12H13N5O4S. The molecule has 9 nitrogen and oxygen atoms in total. The molecule has 1 aromatic carbocycles. The molecule has 10 heteroatoms. The molecule has 0 atom stereocenters. The number of hydrogen-bond acceptors (Lipinski definition) is 8. The molecular weight excluding hydrogens is 310 g/mol. The second-order valence-corrected chi connectivity index (χ2v) is 5.53. The maximum absolute atomic E-state index is 11.8. The van der Waals surface area contributed by atoms with Crippen molar-refractivity contribution in [3.63, 3.8) is 0 Å². The van der Waals surface area contributed by atoms with Gasteiger partial charge in [-0.25, -0.2) is 9.47 Å². The van der Waals surface area contributed by atoms with Crippen molar-refractivity contribution < 1.29 is 14.5 Å². The molecule has 2 rings (SSSR count). The van der Waals surface area contributed by atoms with Gasteiger partial charge in [0, 0.05) is 6.07 Å². The summed E-state index contributed by atoms with van der Waals surface area (Å²) in [5, 5.41) is 18.8. The first-order valence-electron chi connectivity index (χ1n) is 6.21. The molecule has 0 fully saturated rings. The molecule has 0 aliphatic carbocycles. The summed E-state index contributed by atoms with van der Waals surface area (Å²) < 4.78 is 6.17. The first-order chi connectivity index (χ1) is 10.4. The lowest BCUT2D eigenvalue weighted by atomic mass is 10.2. The molecule has 22 heavy (non-hydrogen) atoms. The number of hydrogen-bond donors (Lipinski definition) is 1. The number of nitrogens with zero attached hydrogens (tertiary/aromatic N) is 4. The molecule has 2 N–H and O–H groups in total. The van der Waals surface area contributed by atoms with E-state index in [0.29, 0.717) is 10.1 Å². The van der Waals surface area contributed by atoms with Crippen LogP contribution in [0.4, 0.5) is 5.69 Å². The van der Waals surface area contributed by atoms with Gasteiger partial charge in [0.2, 0.25) is 5.16 Å². The summed E-state index contributed by atoms with van der Waals surface area (Å²) in [6, 6.07) is 4.08. The molecule has 0 unspecified atom stereocenters. The third kappa shape index (κ3) is 3.52. The van der Waals surface area contributed by atoms with Gasteiger partial charge in [0.05, 0.1) is 21.5 Å². The summed E-state index contributed by atoms with van der Waals surface area (Å²) in [4.78, 5) is 22.7. The highest BCUT2D eigenvalue weighted by molar-refractivity contribution is 7.99. The molecule has 0 aliphatic rings. The lowest BCUT2D eigenvalue weighted by Crippen LogP contribution is -2.12. The zero-order chi connectivity index (χ0) is 16.3. The van der Waals surface area contributed by atoms with E-state index >= 15 is 0 Å². The molecule has 0 bridgehead atoms. The van der Waals surface area contributed by atoms with E-state index in [2.05, 4.69) is 10.2 Å². The minimum atomic E-state index is -0.614. The van der Waals surface area contributed by atoms with E-state index in [4.69, 9.17) is 10.6 Å². The smallest absolute Gasteiger partial charge is 0.338 e. The summed E-state index contributed by atoms with van der Waals surface area (Å²) >= 11 is 0.981. The molecule has 2 aromatic rings. The normalized spacial score (nSPS) is 10.7. The van der Waals surface area contributed by atoms with E-state index in [9.17, 15) is 14.9 Å². The Morgan fingerprint density at radius 3 is 2.77 bits per heavy atom. The zero-order valence-electron chi connectivity index (χ0n) is 11.8. The van der Waals surface area contributed by atoms with Gasteiger partial charge in [-0.05, 0) is 37.7 Å².